The van der Waals surface area contributed by atoms with Crippen molar-refractivity contribution in [3.05, 3.63) is 45.9 Å². The third-order valence-corrected chi connectivity index (χ3v) is 6.76. The van der Waals surface area contributed by atoms with Crippen LogP contribution < -0.4 is 4.74 Å². The van der Waals surface area contributed by atoms with E-state index >= 15 is 0 Å². The van der Waals surface area contributed by atoms with Crippen molar-refractivity contribution in [3.8, 4) is 11.5 Å². The molecule has 2 aromatic carbocycles. The highest BCUT2D eigenvalue weighted by atomic mass is 35.5. The molecule has 3 nitrogen and oxygen atoms in total. The summed E-state index contributed by atoms with van der Waals surface area (Å²) in [6.45, 7) is 3.36. The first-order valence-corrected chi connectivity index (χ1v) is 10.6. The first-order chi connectivity index (χ1) is 11.8. The lowest BCUT2D eigenvalue weighted by Crippen LogP contribution is -2.00. The molecule has 0 aromatic heterocycles. The van der Waals surface area contributed by atoms with E-state index in [-0.39, 0.29) is 42.8 Å². The van der Waals surface area contributed by atoms with Gasteiger partial charge in [0.2, 0.25) is 0 Å². The zero-order valence-corrected chi connectivity index (χ0v) is 16.4. The van der Waals surface area contributed by atoms with Gasteiger partial charge in [0.15, 0.2) is 23.1 Å². The number of rotatable bonds is 6. The summed E-state index contributed by atoms with van der Waals surface area (Å²) in [5.41, 5.74) is 0. The molecule has 136 valence electrons. The van der Waals surface area contributed by atoms with Crippen LogP contribution in [0.4, 0.5) is 8.78 Å². The van der Waals surface area contributed by atoms with Crippen molar-refractivity contribution in [2.24, 2.45) is 0 Å². The molecule has 25 heavy (non-hydrogen) atoms. The molecule has 0 radical (unpaired) electrons. The number of hydrogen-bond donors (Lipinski definition) is 0. The average molecular weight is 427 g/mol. The van der Waals surface area contributed by atoms with Crippen molar-refractivity contribution in [2.75, 3.05) is 11.5 Å². The van der Waals surface area contributed by atoms with Gasteiger partial charge in [-0.3, -0.25) is 8.42 Å². The molecule has 0 amide bonds. The molecule has 0 aliphatic heterocycles. The van der Waals surface area contributed by atoms with Crippen LogP contribution in [0.1, 0.15) is 13.8 Å². The second kappa shape index (κ2) is 8.58. The van der Waals surface area contributed by atoms with Gasteiger partial charge in [0.1, 0.15) is 0 Å². The van der Waals surface area contributed by atoms with Crippen molar-refractivity contribution in [3.63, 3.8) is 0 Å². The van der Waals surface area contributed by atoms with Gasteiger partial charge in [-0.15, -0.1) is 0 Å². The quantitative estimate of drug-likeness (QED) is 0.627. The normalized spacial score (nSPS) is 13.5. The molecule has 0 aliphatic carbocycles. The molecule has 2 atom stereocenters. The summed E-state index contributed by atoms with van der Waals surface area (Å²) in [4.78, 5) is 0.375. The molecule has 0 bridgehead atoms. The van der Waals surface area contributed by atoms with E-state index in [0.29, 0.717) is 0 Å². The molecule has 0 fully saturated rings. The van der Waals surface area contributed by atoms with E-state index in [1.807, 2.05) is 0 Å². The maximum Gasteiger partial charge on any atom is 0.167 e. The van der Waals surface area contributed by atoms with Crippen LogP contribution in [0, 0.1) is 11.6 Å². The lowest BCUT2D eigenvalue weighted by Gasteiger charge is -2.12. The highest BCUT2D eigenvalue weighted by molar-refractivity contribution is 7.85. The summed E-state index contributed by atoms with van der Waals surface area (Å²) >= 11 is 11.8. The number of ether oxygens (including phenoxy) is 1. The molecule has 0 saturated heterocycles. The predicted molar refractivity (Wildman–Crippen MR) is 96.8 cm³/mol. The minimum Gasteiger partial charge on any atom is -0.451 e. The van der Waals surface area contributed by atoms with Gasteiger partial charge in [0, 0.05) is 23.6 Å². The van der Waals surface area contributed by atoms with Gasteiger partial charge in [-0.1, -0.05) is 37.0 Å². The van der Waals surface area contributed by atoms with Gasteiger partial charge in [-0.2, -0.15) is 0 Å². The van der Waals surface area contributed by atoms with Gasteiger partial charge >= 0.3 is 0 Å². The number of benzene rings is 2. The molecule has 0 N–H and O–H groups in total. The Balaban J connectivity index is 2.49. The van der Waals surface area contributed by atoms with E-state index < -0.39 is 33.2 Å². The second-order valence-corrected chi connectivity index (χ2v) is 9.03. The van der Waals surface area contributed by atoms with Crippen LogP contribution in [0.25, 0.3) is 0 Å². The third kappa shape index (κ3) is 4.58. The van der Waals surface area contributed by atoms with E-state index in [4.69, 9.17) is 27.9 Å². The molecule has 9 heteroatoms. The fourth-order valence-corrected chi connectivity index (χ4v) is 4.42. The summed E-state index contributed by atoms with van der Waals surface area (Å²) < 4.78 is 57.4. The first kappa shape index (κ1) is 20.3. The minimum absolute atomic E-state index is 0.00520. The molecular weight excluding hydrogens is 413 g/mol. The molecule has 0 spiro atoms. The largest absolute Gasteiger partial charge is 0.451 e. The topological polar surface area (TPSA) is 43.4 Å². The fourth-order valence-electron chi connectivity index (χ4n) is 1.96. The molecule has 0 heterocycles. The Hall–Kier alpha value is -1.02. The van der Waals surface area contributed by atoms with E-state index in [1.54, 1.807) is 13.8 Å². The Kier molecular flexibility index (Phi) is 6.96. The monoisotopic (exact) mass is 426 g/mol. The van der Waals surface area contributed by atoms with Gasteiger partial charge < -0.3 is 4.74 Å². The van der Waals surface area contributed by atoms with Crippen molar-refractivity contribution >= 4 is 44.8 Å². The van der Waals surface area contributed by atoms with Gasteiger partial charge in [-0.05, 0) is 12.1 Å². The summed E-state index contributed by atoms with van der Waals surface area (Å²) in [5.74, 6) is -1.80. The Morgan fingerprint density at radius 2 is 1.20 bits per heavy atom. The van der Waals surface area contributed by atoms with Crippen molar-refractivity contribution in [1.82, 2.24) is 0 Å². The van der Waals surface area contributed by atoms with Crippen LogP contribution in [-0.4, -0.2) is 19.9 Å². The highest BCUT2D eigenvalue weighted by Gasteiger charge is 2.18. The third-order valence-electron chi connectivity index (χ3n) is 3.21. The van der Waals surface area contributed by atoms with Crippen molar-refractivity contribution in [1.29, 1.82) is 0 Å². The SMILES string of the molecule is CCS(=O)c1cc(Oc2cc(S(=O)CC)c(Cl)cc2F)c(F)cc1Cl. The minimum atomic E-state index is -1.44. The van der Waals surface area contributed by atoms with Gasteiger partial charge in [0.25, 0.3) is 0 Å². The number of hydrogen-bond acceptors (Lipinski definition) is 3. The lowest BCUT2D eigenvalue weighted by atomic mass is 10.3. The van der Waals surface area contributed by atoms with E-state index in [0.717, 1.165) is 12.1 Å². The Morgan fingerprint density at radius 3 is 1.52 bits per heavy atom. The smallest absolute Gasteiger partial charge is 0.167 e. The van der Waals surface area contributed by atoms with E-state index in [2.05, 4.69) is 0 Å². The van der Waals surface area contributed by atoms with Gasteiger partial charge in [0.05, 0.1) is 41.4 Å². The maximum absolute atomic E-state index is 14.1. The molecule has 2 unspecified atom stereocenters. The Morgan fingerprint density at radius 1 is 0.840 bits per heavy atom. The first-order valence-electron chi connectivity index (χ1n) is 7.21. The summed E-state index contributed by atoms with van der Waals surface area (Å²) in [6, 6.07) is 4.25. The Bertz CT molecular complexity index is 790. The maximum atomic E-state index is 14.1. The lowest BCUT2D eigenvalue weighted by molar-refractivity contribution is 0.412. The summed E-state index contributed by atoms with van der Waals surface area (Å²) in [7, 11) is -2.89. The zero-order valence-electron chi connectivity index (χ0n) is 13.3. The molecule has 0 saturated carbocycles. The van der Waals surface area contributed by atoms with E-state index in [9.17, 15) is 17.2 Å². The average Bonchev–Trinajstić information content (AvgIpc) is 2.57. The molecule has 0 aliphatic rings. The highest BCUT2D eigenvalue weighted by Crippen LogP contribution is 2.35. The molecule has 2 rings (SSSR count). The number of halogens is 4. The van der Waals surface area contributed by atoms with Crippen LogP contribution in [0.5, 0.6) is 11.5 Å². The van der Waals surface area contributed by atoms with Crippen LogP contribution >= 0.6 is 23.2 Å². The molecular formula is C16H14Cl2F2O3S2. The second-order valence-electron chi connectivity index (χ2n) is 4.80. The Labute approximate surface area is 159 Å². The standard InChI is InChI=1S/C16H14Cl2F2O3S2/c1-3-24(21)15-7-13(11(19)5-9(15)17)23-14-8-16(25(22)4-2)10(18)6-12(14)20/h5-8H,3-4H2,1-2H3. The fraction of sp³-hybridized carbons (Fsp3) is 0.250. The van der Waals surface area contributed by atoms with Crippen LogP contribution in [0.2, 0.25) is 10.0 Å². The van der Waals surface area contributed by atoms with Crippen LogP contribution in [-0.2, 0) is 21.6 Å². The predicted octanol–water partition coefficient (Wildman–Crippen LogP) is 5.32. The van der Waals surface area contributed by atoms with Crippen LogP contribution in [0.15, 0.2) is 34.1 Å². The summed E-state index contributed by atoms with van der Waals surface area (Å²) in [6.07, 6.45) is 0. The van der Waals surface area contributed by atoms with Gasteiger partial charge in [-0.25, -0.2) is 8.78 Å². The summed E-state index contributed by atoms with van der Waals surface area (Å²) in [5, 5.41) is -0.0104. The van der Waals surface area contributed by atoms with Crippen molar-refractivity contribution in [2.45, 2.75) is 23.6 Å². The van der Waals surface area contributed by atoms with E-state index in [1.165, 1.54) is 12.1 Å². The molecule has 2 aromatic rings. The van der Waals surface area contributed by atoms with Crippen molar-refractivity contribution < 1.29 is 21.9 Å². The van der Waals surface area contributed by atoms with Crippen LogP contribution in [0.3, 0.4) is 0 Å². The zero-order chi connectivity index (χ0) is 18.7.